The van der Waals surface area contributed by atoms with E-state index >= 15 is 0 Å². The Morgan fingerprint density at radius 3 is 2.67 bits per heavy atom. The normalized spacial score (nSPS) is 16.2. The van der Waals surface area contributed by atoms with Crippen LogP contribution in [-0.4, -0.2) is 26.1 Å². The van der Waals surface area contributed by atoms with E-state index in [4.69, 9.17) is 0 Å². The van der Waals surface area contributed by atoms with Crippen molar-refractivity contribution in [3.63, 3.8) is 0 Å². The molecule has 6 heteroatoms. The van der Waals surface area contributed by atoms with Gasteiger partial charge in [0.15, 0.2) is 0 Å². The summed E-state index contributed by atoms with van der Waals surface area (Å²) < 4.78 is 2.06. The van der Waals surface area contributed by atoms with Gasteiger partial charge in [0.2, 0.25) is 0 Å². The van der Waals surface area contributed by atoms with E-state index < -0.39 is 5.66 Å². The third-order valence-corrected chi connectivity index (χ3v) is 5.82. The van der Waals surface area contributed by atoms with Gasteiger partial charge in [-0.2, -0.15) is 0 Å². The summed E-state index contributed by atoms with van der Waals surface area (Å²) in [4.78, 5) is 23.6. The van der Waals surface area contributed by atoms with Crippen molar-refractivity contribution >= 4 is 22.6 Å². The Bertz CT molecular complexity index is 1240. The summed E-state index contributed by atoms with van der Waals surface area (Å²) in [5.41, 5.74) is 5.02. The first-order chi connectivity index (χ1) is 14.5. The molecule has 0 spiro atoms. The molecule has 4 aromatic rings. The largest absolute Gasteiger partial charge is 0.342 e. The Labute approximate surface area is 175 Å². The molecule has 0 aliphatic carbocycles. The zero-order chi connectivity index (χ0) is 20.9. The van der Waals surface area contributed by atoms with Crippen molar-refractivity contribution in [1.29, 1.82) is 0 Å². The van der Waals surface area contributed by atoms with Crippen LogP contribution in [0.2, 0.25) is 0 Å². The molecule has 1 N–H and O–H groups in total. The van der Waals surface area contributed by atoms with Crippen LogP contribution in [0.5, 0.6) is 0 Å². The molecule has 3 heterocycles. The molecule has 2 aromatic heterocycles. The molecule has 0 saturated carbocycles. The van der Waals surface area contributed by atoms with Crippen molar-refractivity contribution in [3.05, 3.63) is 84.4 Å². The maximum atomic E-state index is 12.9. The van der Waals surface area contributed by atoms with Gasteiger partial charge < -0.3 is 14.8 Å². The second kappa shape index (κ2) is 6.69. The smallest absolute Gasteiger partial charge is 0.255 e. The number of nitrogens with zero attached hydrogens (tertiary/aromatic N) is 4. The van der Waals surface area contributed by atoms with Crippen LogP contribution < -0.4 is 10.2 Å². The fraction of sp³-hybridized carbons (Fsp3) is 0.208. The van der Waals surface area contributed by atoms with Gasteiger partial charge in [-0.05, 0) is 50.6 Å². The number of anilines is 1. The number of hydrogen-bond acceptors (Lipinski definition) is 4. The monoisotopic (exact) mass is 397 g/mol. The Hall–Kier alpha value is -3.67. The number of aromatic nitrogens is 3. The highest BCUT2D eigenvalue weighted by molar-refractivity contribution is 6.03. The van der Waals surface area contributed by atoms with Crippen LogP contribution in [-0.2, 0) is 0 Å². The molecule has 6 nitrogen and oxygen atoms in total. The topological polar surface area (TPSA) is 63.1 Å². The quantitative estimate of drug-likeness (QED) is 0.554. The van der Waals surface area contributed by atoms with Crippen molar-refractivity contribution in [2.45, 2.75) is 32.5 Å². The maximum Gasteiger partial charge on any atom is 0.255 e. The van der Waals surface area contributed by atoms with Gasteiger partial charge in [0.25, 0.3) is 5.91 Å². The fourth-order valence-electron chi connectivity index (χ4n) is 4.44. The molecule has 5 rings (SSSR count). The SMILES string of the molecule is C[C@H](c1ccccc1)N1c2cc(-n3ccc4ncncc43)ccc2C(=O)NC1(C)C. The highest BCUT2D eigenvalue weighted by Crippen LogP contribution is 2.39. The van der Waals surface area contributed by atoms with Gasteiger partial charge in [0.05, 0.1) is 34.5 Å². The van der Waals surface area contributed by atoms with Gasteiger partial charge in [-0.1, -0.05) is 30.3 Å². The second-order valence-electron chi connectivity index (χ2n) is 8.15. The van der Waals surface area contributed by atoms with E-state index in [9.17, 15) is 4.79 Å². The molecule has 0 bridgehead atoms. The minimum absolute atomic E-state index is 0.0567. The van der Waals surface area contributed by atoms with Gasteiger partial charge in [-0.3, -0.25) is 4.79 Å². The van der Waals surface area contributed by atoms with Crippen LogP contribution >= 0.6 is 0 Å². The van der Waals surface area contributed by atoms with E-state index in [1.807, 2.05) is 62.6 Å². The number of carbonyl (C=O) groups excluding carboxylic acids is 1. The molecule has 30 heavy (non-hydrogen) atoms. The minimum Gasteiger partial charge on any atom is -0.342 e. The molecule has 1 aliphatic heterocycles. The van der Waals surface area contributed by atoms with Gasteiger partial charge in [-0.25, -0.2) is 9.97 Å². The molecule has 1 aliphatic rings. The Kier molecular flexibility index (Phi) is 4.10. The van der Waals surface area contributed by atoms with Gasteiger partial charge in [0.1, 0.15) is 12.0 Å². The van der Waals surface area contributed by atoms with Crippen molar-refractivity contribution in [1.82, 2.24) is 19.9 Å². The highest BCUT2D eigenvalue weighted by atomic mass is 16.2. The molecule has 0 radical (unpaired) electrons. The lowest BCUT2D eigenvalue weighted by Gasteiger charge is -2.48. The Morgan fingerprint density at radius 2 is 1.87 bits per heavy atom. The van der Waals surface area contributed by atoms with Crippen LogP contribution in [0.3, 0.4) is 0 Å². The zero-order valence-corrected chi connectivity index (χ0v) is 17.2. The predicted molar refractivity (Wildman–Crippen MR) is 118 cm³/mol. The van der Waals surface area contributed by atoms with Crippen LogP contribution in [0, 0.1) is 0 Å². The Balaban J connectivity index is 1.68. The van der Waals surface area contributed by atoms with Crippen molar-refractivity contribution in [3.8, 4) is 5.69 Å². The molecule has 2 aromatic carbocycles. The lowest BCUT2D eigenvalue weighted by molar-refractivity contribution is 0.0893. The number of carbonyl (C=O) groups is 1. The Morgan fingerprint density at radius 1 is 1.07 bits per heavy atom. The van der Waals surface area contributed by atoms with Gasteiger partial charge >= 0.3 is 0 Å². The number of nitrogens with one attached hydrogen (secondary N) is 1. The van der Waals surface area contributed by atoms with Crippen LogP contribution in [0.15, 0.2) is 73.3 Å². The first-order valence-corrected chi connectivity index (χ1v) is 10.0. The van der Waals surface area contributed by atoms with Crippen molar-refractivity contribution in [2.75, 3.05) is 4.90 Å². The molecule has 0 fully saturated rings. The first kappa shape index (κ1) is 18.4. The molecular weight excluding hydrogens is 374 g/mol. The van der Waals surface area contributed by atoms with E-state index in [2.05, 4.69) is 49.9 Å². The third-order valence-electron chi connectivity index (χ3n) is 5.82. The third kappa shape index (κ3) is 2.84. The summed E-state index contributed by atoms with van der Waals surface area (Å²) in [5, 5.41) is 3.16. The summed E-state index contributed by atoms with van der Waals surface area (Å²) in [5.74, 6) is -0.0567. The van der Waals surface area contributed by atoms with Crippen LogP contribution in [0.1, 0.15) is 42.7 Å². The standard InChI is InChI=1S/C24H23N5O/c1-16(17-7-5-4-6-8-17)29-21-13-18(9-10-19(21)23(30)27-24(29,2)3)28-12-11-20-22(28)14-25-15-26-20/h4-16H,1-3H3,(H,27,30)/t16-/m1/s1. The summed E-state index contributed by atoms with van der Waals surface area (Å²) >= 11 is 0. The number of amides is 1. The first-order valence-electron chi connectivity index (χ1n) is 10.0. The van der Waals surface area contributed by atoms with E-state index in [1.165, 1.54) is 5.56 Å². The van der Waals surface area contributed by atoms with Crippen molar-refractivity contribution in [2.24, 2.45) is 0 Å². The summed E-state index contributed by atoms with van der Waals surface area (Å²) in [6.45, 7) is 6.25. The van der Waals surface area contributed by atoms with E-state index in [0.717, 1.165) is 22.4 Å². The van der Waals surface area contributed by atoms with Crippen LogP contribution in [0.25, 0.3) is 16.7 Å². The van der Waals surface area contributed by atoms with Gasteiger partial charge in [0, 0.05) is 11.9 Å². The molecule has 1 atom stereocenters. The molecular formula is C24H23N5O. The second-order valence-corrected chi connectivity index (χ2v) is 8.15. The molecule has 0 unspecified atom stereocenters. The molecule has 150 valence electrons. The van der Waals surface area contributed by atoms with Crippen LogP contribution in [0.4, 0.5) is 5.69 Å². The fourth-order valence-corrected chi connectivity index (χ4v) is 4.44. The number of fused-ring (bicyclic) bond motifs is 2. The number of benzene rings is 2. The lowest BCUT2D eigenvalue weighted by atomic mass is 9.96. The number of rotatable bonds is 3. The van der Waals surface area contributed by atoms with E-state index in [-0.39, 0.29) is 11.9 Å². The average molecular weight is 397 g/mol. The highest BCUT2D eigenvalue weighted by Gasteiger charge is 2.39. The molecule has 1 amide bonds. The summed E-state index contributed by atoms with van der Waals surface area (Å²) in [6, 6.07) is 18.3. The van der Waals surface area contributed by atoms with E-state index in [1.54, 1.807) is 6.33 Å². The maximum absolute atomic E-state index is 12.9. The van der Waals surface area contributed by atoms with E-state index in [0.29, 0.717) is 5.56 Å². The zero-order valence-electron chi connectivity index (χ0n) is 17.2. The summed E-state index contributed by atoms with van der Waals surface area (Å²) in [6.07, 6.45) is 5.35. The molecule has 0 saturated heterocycles. The summed E-state index contributed by atoms with van der Waals surface area (Å²) in [7, 11) is 0. The number of hydrogen-bond donors (Lipinski definition) is 1. The predicted octanol–water partition coefficient (Wildman–Crippen LogP) is 4.47. The lowest BCUT2D eigenvalue weighted by Crippen LogP contribution is -2.61. The van der Waals surface area contributed by atoms with Crippen molar-refractivity contribution < 1.29 is 4.79 Å². The average Bonchev–Trinajstić information content (AvgIpc) is 3.17. The van der Waals surface area contributed by atoms with Gasteiger partial charge in [-0.15, -0.1) is 0 Å². The minimum atomic E-state index is -0.542.